The second kappa shape index (κ2) is 6.02. The van der Waals surface area contributed by atoms with Gasteiger partial charge < -0.3 is 10.6 Å². The minimum Gasteiger partial charge on any atom is -0.341 e. The first-order chi connectivity index (χ1) is 8.58. The molecule has 4 nitrogen and oxygen atoms in total. The standard InChI is InChI=1S/C14H27N3O/c1-11-5-3-7-16(11)10-14(18)17-8-4-6-13(9-17)12(2)15/h11-13H,3-10,15H2,1-2H3/t11-,12+,13+/m1/s1. The molecule has 0 aromatic rings. The van der Waals surface area contributed by atoms with Crippen LogP contribution in [0, 0.1) is 5.92 Å². The topological polar surface area (TPSA) is 49.6 Å². The SMILES string of the molecule is C[C@H](N)[C@H]1CCCN(C(=O)CN2CCC[C@H]2C)C1. The summed E-state index contributed by atoms with van der Waals surface area (Å²) >= 11 is 0. The van der Waals surface area contributed by atoms with Crippen LogP contribution in [0.4, 0.5) is 0 Å². The molecule has 2 fully saturated rings. The van der Waals surface area contributed by atoms with Crippen LogP contribution in [-0.4, -0.2) is 54.0 Å². The summed E-state index contributed by atoms with van der Waals surface area (Å²) in [5, 5.41) is 0. The summed E-state index contributed by atoms with van der Waals surface area (Å²) in [6, 6.07) is 0.772. The van der Waals surface area contributed by atoms with E-state index < -0.39 is 0 Å². The molecular formula is C14H27N3O. The number of hydrogen-bond donors (Lipinski definition) is 1. The van der Waals surface area contributed by atoms with Crippen molar-refractivity contribution < 1.29 is 4.79 Å². The average molecular weight is 253 g/mol. The molecule has 0 spiro atoms. The normalized spacial score (nSPS) is 31.6. The van der Waals surface area contributed by atoms with Crippen LogP contribution in [0.3, 0.4) is 0 Å². The van der Waals surface area contributed by atoms with Gasteiger partial charge >= 0.3 is 0 Å². The van der Waals surface area contributed by atoms with Gasteiger partial charge in [-0.15, -0.1) is 0 Å². The van der Waals surface area contributed by atoms with Crippen LogP contribution in [0.15, 0.2) is 0 Å². The summed E-state index contributed by atoms with van der Waals surface area (Å²) in [6.45, 7) is 7.75. The molecule has 1 amide bonds. The molecule has 0 saturated carbocycles. The molecule has 2 heterocycles. The maximum Gasteiger partial charge on any atom is 0.236 e. The molecular weight excluding hydrogens is 226 g/mol. The van der Waals surface area contributed by atoms with E-state index in [-0.39, 0.29) is 6.04 Å². The molecule has 4 heteroatoms. The number of carbonyl (C=O) groups excluding carboxylic acids is 1. The molecule has 0 unspecified atom stereocenters. The number of nitrogens with zero attached hydrogens (tertiary/aromatic N) is 2. The van der Waals surface area contributed by atoms with Gasteiger partial charge in [-0.3, -0.25) is 9.69 Å². The van der Waals surface area contributed by atoms with E-state index >= 15 is 0 Å². The summed E-state index contributed by atoms with van der Waals surface area (Å²) in [5.41, 5.74) is 5.97. The Morgan fingerprint density at radius 3 is 2.67 bits per heavy atom. The maximum atomic E-state index is 12.3. The van der Waals surface area contributed by atoms with Crippen molar-refractivity contribution in [3.05, 3.63) is 0 Å². The van der Waals surface area contributed by atoms with Crippen LogP contribution in [0.25, 0.3) is 0 Å². The van der Waals surface area contributed by atoms with E-state index in [1.807, 2.05) is 4.90 Å². The first-order valence-corrected chi connectivity index (χ1v) is 7.35. The molecule has 0 aliphatic carbocycles. The van der Waals surface area contributed by atoms with Crippen molar-refractivity contribution in [2.45, 2.75) is 51.6 Å². The Labute approximate surface area is 110 Å². The lowest BCUT2D eigenvalue weighted by atomic mass is 9.92. The first kappa shape index (κ1) is 13.8. The third-order valence-electron chi connectivity index (χ3n) is 4.58. The van der Waals surface area contributed by atoms with E-state index in [1.54, 1.807) is 0 Å². The van der Waals surface area contributed by atoms with Crippen molar-refractivity contribution in [2.24, 2.45) is 11.7 Å². The Hall–Kier alpha value is -0.610. The van der Waals surface area contributed by atoms with E-state index in [9.17, 15) is 4.79 Å². The number of nitrogens with two attached hydrogens (primary N) is 1. The monoisotopic (exact) mass is 253 g/mol. The fourth-order valence-corrected chi connectivity index (χ4v) is 3.17. The summed E-state index contributed by atoms with van der Waals surface area (Å²) in [7, 11) is 0. The number of amides is 1. The Bertz CT molecular complexity index is 293. The van der Waals surface area contributed by atoms with Gasteiger partial charge in [-0.05, 0) is 52.0 Å². The fraction of sp³-hybridized carbons (Fsp3) is 0.929. The smallest absolute Gasteiger partial charge is 0.236 e. The minimum absolute atomic E-state index is 0.200. The zero-order chi connectivity index (χ0) is 13.1. The quantitative estimate of drug-likeness (QED) is 0.818. The second-order valence-electron chi connectivity index (χ2n) is 6.06. The molecule has 0 aromatic heterocycles. The second-order valence-corrected chi connectivity index (χ2v) is 6.06. The zero-order valence-corrected chi connectivity index (χ0v) is 11.8. The molecule has 2 saturated heterocycles. The van der Waals surface area contributed by atoms with Crippen LogP contribution in [0.2, 0.25) is 0 Å². The lowest BCUT2D eigenvalue weighted by Gasteiger charge is -2.35. The molecule has 0 bridgehead atoms. The molecule has 104 valence electrons. The van der Waals surface area contributed by atoms with E-state index in [0.717, 1.165) is 26.1 Å². The number of rotatable bonds is 3. The highest BCUT2D eigenvalue weighted by Gasteiger charge is 2.28. The molecule has 0 aromatic carbocycles. The van der Waals surface area contributed by atoms with Gasteiger partial charge in [0.15, 0.2) is 0 Å². The predicted molar refractivity (Wildman–Crippen MR) is 73.2 cm³/mol. The molecule has 18 heavy (non-hydrogen) atoms. The van der Waals surface area contributed by atoms with Crippen LogP contribution in [0.1, 0.15) is 39.5 Å². The van der Waals surface area contributed by atoms with Crippen LogP contribution in [-0.2, 0) is 4.79 Å². The van der Waals surface area contributed by atoms with Crippen molar-refractivity contribution in [1.29, 1.82) is 0 Å². The maximum absolute atomic E-state index is 12.3. The number of piperidine rings is 1. The Morgan fingerprint density at radius 2 is 2.06 bits per heavy atom. The van der Waals surface area contributed by atoms with Crippen molar-refractivity contribution in [3.63, 3.8) is 0 Å². The summed E-state index contributed by atoms with van der Waals surface area (Å²) in [5.74, 6) is 0.785. The lowest BCUT2D eigenvalue weighted by molar-refractivity contribution is -0.134. The van der Waals surface area contributed by atoms with Gasteiger partial charge in [0.25, 0.3) is 0 Å². The van der Waals surface area contributed by atoms with E-state index in [0.29, 0.717) is 24.4 Å². The fourth-order valence-electron chi connectivity index (χ4n) is 3.17. The number of carbonyl (C=O) groups is 1. The zero-order valence-electron chi connectivity index (χ0n) is 11.8. The molecule has 2 N–H and O–H groups in total. The van der Waals surface area contributed by atoms with E-state index in [2.05, 4.69) is 18.7 Å². The third-order valence-corrected chi connectivity index (χ3v) is 4.58. The predicted octanol–water partition coefficient (Wildman–Crippen LogP) is 1.06. The van der Waals surface area contributed by atoms with Crippen molar-refractivity contribution in [3.8, 4) is 0 Å². The van der Waals surface area contributed by atoms with Crippen LogP contribution < -0.4 is 5.73 Å². The molecule has 2 aliphatic heterocycles. The van der Waals surface area contributed by atoms with Crippen molar-refractivity contribution in [1.82, 2.24) is 9.80 Å². The highest BCUT2D eigenvalue weighted by molar-refractivity contribution is 5.78. The summed E-state index contributed by atoms with van der Waals surface area (Å²) in [6.07, 6.45) is 4.74. The van der Waals surface area contributed by atoms with Gasteiger partial charge in [-0.1, -0.05) is 0 Å². The Kier molecular flexibility index (Phi) is 4.62. The van der Waals surface area contributed by atoms with Gasteiger partial charge in [0.2, 0.25) is 5.91 Å². The largest absolute Gasteiger partial charge is 0.341 e. The van der Waals surface area contributed by atoms with Gasteiger partial charge in [-0.25, -0.2) is 0 Å². The average Bonchev–Trinajstić information content (AvgIpc) is 2.75. The van der Waals surface area contributed by atoms with Crippen molar-refractivity contribution in [2.75, 3.05) is 26.2 Å². The number of hydrogen-bond acceptors (Lipinski definition) is 3. The third kappa shape index (κ3) is 3.23. The molecule has 3 atom stereocenters. The number of likely N-dealkylation sites (tertiary alicyclic amines) is 2. The van der Waals surface area contributed by atoms with Gasteiger partial charge in [0.1, 0.15) is 0 Å². The molecule has 2 aliphatic rings. The Balaban J connectivity index is 1.84. The highest BCUT2D eigenvalue weighted by atomic mass is 16.2. The molecule has 0 radical (unpaired) electrons. The van der Waals surface area contributed by atoms with Gasteiger partial charge in [-0.2, -0.15) is 0 Å². The van der Waals surface area contributed by atoms with Gasteiger partial charge in [0, 0.05) is 25.2 Å². The first-order valence-electron chi connectivity index (χ1n) is 7.35. The van der Waals surface area contributed by atoms with Crippen LogP contribution in [0.5, 0.6) is 0 Å². The lowest BCUT2D eigenvalue weighted by Crippen LogP contribution is -2.48. The summed E-state index contributed by atoms with van der Waals surface area (Å²) in [4.78, 5) is 16.7. The van der Waals surface area contributed by atoms with Crippen molar-refractivity contribution >= 4 is 5.91 Å². The Morgan fingerprint density at radius 1 is 1.33 bits per heavy atom. The van der Waals surface area contributed by atoms with Crippen LogP contribution >= 0.6 is 0 Å². The van der Waals surface area contributed by atoms with E-state index in [4.69, 9.17) is 5.73 Å². The van der Waals surface area contributed by atoms with E-state index in [1.165, 1.54) is 19.3 Å². The molecule has 2 rings (SSSR count). The highest BCUT2D eigenvalue weighted by Crippen LogP contribution is 2.20. The minimum atomic E-state index is 0.200. The van der Waals surface area contributed by atoms with Gasteiger partial charge in [0.05, 0.1) is 6.54 Å². The summed E-state index contributed by atoms with van der Waals surface area (Å²) < 4.78 is 0.